The highest BCUT2D eigenvalue weighted by atomic mass is 35.5. The first-order chi connectivity index (χ1) is 13.7. The third-order valence-corrected chi connectivity index (χ3v) is 7.40. The topological polar surface area (TPSA) is 32.3 Å². The summed E-state index contributed by atoms with van der Waals surface area (Å²) < 4.78 is 0.212. The van der Waals surface area contributed by atoms with E-state index >= 15 is 0 Å². The molecular formula is C24H31Cl2NOS. The zero-order chi connectivity index (χ0) is 21.0. The van der Waals surface area contributed by atoms with Gasteiger partial charge < -0.3 is 10.4 Å². The normalized spacial score (nSPS) is 22.3. The van der Waals surface area contributed by atoms with Crippen LogP contribution < -0.4 is 5.32 Å². The van der Waals surface area contributed by atoms with Crippen molar-refractivity contribution in [1.82, 2.24) is 5.32 Å². The van der Waals surface area contributed by atoms with Crippen molar-refractivity contribution in [3.8, 4) is 0 Å². The predicted octanol–water partition coefficient (Wildman–Crippen LogP) is 7.20. The standard InChI is InChI=1S/C24H31Cl2NOS/c1-24(2,3)29-21-10-5-4-9-20(21)27-22(16-11-13-18(25)14-12-16)23(28)17-7-6-8-19(26)15-17/h6-8,11-15,20-23,27-28H,4-5,9-10H2,1-3H3. The summed E-state index contributed by atoms with van der Waals surface area (Å²) in [5, 5.41) is 17.0. The maximum Gasteiger partial charge on any atom is 0.0985 e. The van der Waals surface area contributed by atoms with Gasteiger partial charge in [-0.25, -0.2) is 0 Å². The third kappa shape index (κ3) is 6.63. The van der Waals surface area contributed by atoms with Gasteiger partial charge in [0.25, 0.3) is 0 Å². The van der Waals surface area contributed by atoms with Crippen LogP contribution in [0.5, 0.6) is 0 Å². The number of hydrogen-bond donors (Lipinski definition) is 2. The molecule has 2 nitrogen and oxygen atoms in total. The monoisotopic (exact) mass is 451 g/mol. The molecule has 1 aliphatic rings. The van der Waals surface area contributed by atoms with Gasteiger partial charge in [-0.1, -0.05) is 81.1 Å². The quantitative estimate of drug-likeness (QED) is 0.486. The zero-order valence-electron chi connectivity index (χ0n) is 17.4. The van der Waals surface area contributed by atoms with E-state index in [1.54, 1.807) is 0 Å². The molecule has 2 aromatic rings. The Labute approximate surface area is 189 Å². The van der Waals surface area contributed by atoms with E-state index in [9.17, 15) is 5.11 Å². The van der Waals surface area contributed by atoms with Crippen molar-refractivity contribution in [3.63, 3.8) is 0 Å². The van der Waals surface area contributed by atoms with Gasteiger partial charge in [0.15, 0.2) is 0 Å². The Morgan fingerprint density at radius 3 is 2.31 bits per heavy atom. The number of hydrogen-bond acceptors (Lipinski definition) is 3. The van der Waals surface area contributed by atoms with E-state index in [-0.39, 0.29) is 10.8 Å². The van der Waals surface area contributed by atoms with Crippen LogP contribution in [0.4, 0.5) is 0 Å². The molecule has 1 fully saturated rings. The Morgan fingerprint density at radius 2 is 1.66 bits per heavy atom. The van der Waals surface area contributed by atoms with E-state index in [1.165, 1.54) is 19.3 Å². The first-order valence-electron chi connectivity index (χ1n) is 10.4. The molecule has 1 saturated carbocycles. The van der Waals surface area contributed by atoms with Gasteiger partial charge in [-0.3, -0.25) is 0 Å². The lowest BCUT2D eigenvalue weighted by Gasteiger charge is -2.39. The number of halogens is 2. The molecule has 4 unspecified atom stereocenters. The fourth-order valence-electron chi connectivity index (χ4n) is 4.04. The maximum absolute atomic E-state index is 11.3. The number of aliphatic hydroxyl groups excluding tert-OH is 1. The molecule has 0 radical (unpaired) electrons. The molecule has 5 heteroatoms. The fourth-order valence-corrected chi connectivity index (χ4v) is 5.93. The number of nitrogens with one attached hydrogen (secondary N) is 1. The smallest absolute Gasteiger partial charge is 0.0985 e. The summed E-state index contributed by atoms with van der Waals surface area (Å²) in [6, 6.07) is 15.4. The lowest BCUT2D eigenvalue weighted by atomic mass is 9.90. The van der Waals surface area contributed by atoms with Crippen LogP contribution in [0.3, 0.4) is 0 Å². The van der Waals surface area contributed by atoms with Crippen LogP contribution in [0.1, 0.15) is 69.7 Å². The van der Waals surface area contributed by atoms with E-state index in [1.807, 2.05) is 60.3 Å². The minimum atomic E-state index is -0.697. The van der Waals surface area contributed by atoms with Gasteiger partial charge in [-0.2, -0.15) is 11.8 Å². The van der Waals surface area contributed by atoms with Gasteiger partial charge in [0.2, 0.25) is 0 Å². The number of thioether (sulfide) groups is 1. The Morgan fingerprint density at radius 1 is 0.966 bits per heavy atom. The van der Waals surface area contributed by atoms with Crippen molar-refractivity contribution in [2.24, 2.45) is 0 Å². The molecule has 0 heterocycles. The van der Waals surface area contributed by atoms with E-state index in [4.69, 9.17) is 23.2 Å². The van der Waals surface area contributed by atoms with Gasteiger partial charge in [0.05, 0.1) is 12.1 Å². The van der Waals surface area contributed by atoms with E-state index in [2.05, 4.69) is 26.1 Å². The average Bonchev–Trinajstić information content (AvgIpc) is 2.66. The lowest BCUT2D eigenvalue weighted by molar-refractivity contribution is 0.117. The molecule has 2 N–H and O–H groups in total. The molecule has 0 amide bonds. The highest BCUT2D eigenvalue weighted by Crippen LogP contribution is 2.39. The molecule has 0 aliphatic heterocycles. The predicted molar refractivity (Wildman–Crippen MR) is 127 cm³/mol. The van der Waals surface area contributed by atoms with Gasteiger partial charge in [-0.15, -0.1) is 0 Å². The van der Waals surface area contributed by atoms with Crippen LogP contribution in [0.25, 0.3) is 0 Å². The first-order valence-corrected chi connectivity index (χ1v) is 12.0. The molecule has 0 bridgehead atoms. The molecule has 29 heavy (non-hydrogen) atoms. The Bertz CT molecular complexity index is 790. The fraction of sp³-hybridized carbons (Fsp3) is 0.500. The summed E-state index contributed by atoms with van der Waals surface area (Å²) in [5.41, 5.74) is 1.85. The van der Waals surface area contributed by atoms with Crippen LogP contribution in [-0.4, -0.2) is 21.1 Å². The van der Waals surface area contributed by atoms with Crippen LogP contribution in [0.15, 0.2) is 48.5 Å². The second kappa shape index (κ2) is 10.1. The molecular weight excluding hydrogens is 421 g/mol. The van der Waals surface area contributed by atoms with Crippen molar-refractivity contribution >= 4 is 35.0 Å². The van der Waals surface area contributed by atoms with Crippen molar-refractivity contribution in [2.75, 3.05) is 0 Å². The molecule has 4 atom stereocenters. The summed E-state index contributed by atoms with van der Waals surface area (Å²) in [4.78, 5) is 0. The molecule has 3 rings (SSSR count). The van der Waals surface area contributed by atoms with Crippen molar-refractivity contribution < 1.29 is 5.11 Å². The molecule has 2 aromatic carbocycles. The van der Waals surface area contributed by atoms with Crippen LogP contribution in [0.2, 0.25) is 10.0 Å². The molecule has 1 aliphatic carbocycles. The number of rotatable bonds is 6. The highest BCUT2D eigenvalue weighted by Gasteiger charge is 2.33. The van der Waals surface area contributed by atoms with Gasteiger partial charge in [-0.05, 0) is 48.2 Å². The maximum atomic E-state index is 11.3. The Kier molecular flexibility index (Phi) is 7.97. The van der Waals surface area contributed by atoms with Crippen molar-refractivity contribution in [3.05, 3.63) is 69.7 Å². The number of benzene rings is 2. The SMILES string of the molecule is CC(C)(C)SC1CCCCC1NC(c1ccc(Cl)cc1)C(O)c1cccc(Cl)c1. The van der Waals surface area contributed by atoms with Crippen LogP contribution in [0, 0.1) is 0 Å². The largest absolute Gasteiger partial charge is 0.386 e. The van der Waals surface area contributed by atoms with Crippen molar-refractivity contribution in [1.29, 1.82) is 0 Å². The van der Waals surface area contributed by atoms with Crippen LogP contribution >= 0.6 is 35.0 Å². The Balaban J connectivity index is 1.89. The summed E-state index contributed by atoms with van der Waals surface area (Å²) >= 11 is 14.4. The zero-order valence-corrected chi connectivity index (χ0v) is 19.7. The van der Waals surface area contributed by atoms with Crippen LogP contribution in [-0.2, 0) is 0 Å². The molecule has 158 valence electrons. The highest BCUT2D eigenvalue weighted by molar-refractivity contribution is 8.01. The second-order valence-electron chi connectivity index (χ2n) is 8.86. The van der Waals surface area contributed by atoms with E-state index < -0.39 is 6.10 Å². The van der Waals surface area contributed by atoms with E-state index in [0.717, 1.165) is 17.5 Å². The molecule has 0 spiro atoms. The minimum absolute atomic E-state index is 0.212. The molecule has 0 saturated heterocycles. The van der Waals surface area contributed by atoms with Gasteiger partial charge in [0, 0.05) is 26.1 Å². The summed E-state index contributed by atoms with van der Waals surface area (Å²) in [7, 11) is 0. The lowest BCUT2D eigenvalue weighted by Crippen LogP contribution is -2.45. The first kappa shape index (κ1) is 23.0. The Hall–Kier alpha value is -0.710. The summed E-state index contributed by atoms with van der Waals surface area (Å²) in [6.45, 7) is 6.84. The summed E-state index contributed by atoms with van der Waals surface area (Å²) in [5.74, 6) is 0. The summed E-state index contributed by atoms with van der Waals surface area (Å²) in [6.07, 6.45) is 4.13. The second-order valence-corrected chi connectivity index (χ2v) is 11.8. The van der Waals surface area contributed by atoms with Gasteiger partial charge in [0.1, 0.15) is 0 Å². The van der Waals surface area contributed by atoms with Crippen molar-refractivity contribution in [2.45, 2.75) is 74.6 Å². The average molecular weight is 452 g/mol. The number of aliphatic hydroxyl groups is 1. The van der Waals surface area contributed by atoms with Gasteiger partial charge >= 0.3 is 0 Å². The minimum Gasteiger partial charge on any atom is -0.386 e. The van der Waals surface area contributed by atoms with E-state index in [0.29, 0.717) is 21.3 Å². The third-order valence-electron chi connectivity index (χ3n) is 5.34. The molecule has 0 aromatic heterocycles.